The third-order valence-electron chi connectivity index (χ3n) is 5.38. The Bertz CT molecular complexity index is 1020. The van der Waals surface area contributed by atoms with Gasteiger partial charge in [0.1, 0.15) is 5.75 Å². The minimum absolute atomic E-state index is 0.0348. The number of anilines is 1. The zero-order valence-electron chi connectivity index (χ0n) is 17.8. The van der Waals surface area contributed by atoms with Crippen molar-refractivity contribution in [3.05, 3.63) is 53.6 Å². The van der Waals surface area contributed by atoms with Crippen LogP contribution in [0.1, 0.15) is 31.0 Å². The topological polar surface area (TPSA) is 49.8 Å². The molecule has 0 spiro atoms. The van der Waals surface area contributed by atoms with Crippen molar-refractivity contribution < 1.29 is 41.0 Å². The van der Waals surface area contributed by atoms with E-state index in [1.807, 2.05) is 0 Å². The monoisotopic (exact) mass is 493 g/mol. The largest absolute Gasteiger partial charge is 0.497 e. The van der Waals surface area contributed by atoms with Crippen molar-refractivity contribution in [2.24, 2.45) is 5.92 Å². The van der Waals surface area contributed by atoms with Crippen molar-refractivity contribution in [1.29, 1.82) is 0 Å². The highest BCUT2D eigenvalue weighted by atomic mass is 32.2. The minimum Gasteiger partial charge on any atom is -0.497 e. The summed E-state index contributed by atoms with van der Waals surface area (Å²) in [5.41, 5.74) is -5.52. The molecule has 3 rings (SSSR count). The van der Waals surface area contributed by atoms with Crippen molar-refractivity contribution >= 4 is 23.4 Å². The molecule has 1 heterocycles. The van der Waals surface area contributed by atoms with E-state index in [1.165, 1.54) is 12.0 Å². The number of alkyl halides is 6. The molecule has 0 aliphatic carbocycles. The second kappa shape index (κ2) is 8.75. The molecule has 0 bridgehead atoms. The van der Waals surface area contributed by atoms with Gasteiger partial charge in [0.25, 0.3) is 5.60 Å². The number of rotatable bonds is 4. The standard InChI is InChI=1S/C22H21F6NO3S/c1-12(2)19(30)29-16-8-7-14(20(31,21(23,24)25)22(26,27)28)10-18(16)33-11-17(29)13-5-4-6-15(9-13)32-3/h4-10,12,17,31H,11H2,1-3H3. The number of methoxy groups -OCH3 is 1. The lowest BCUT2D eigenvalue weighted by Crippen LogP contribution is -2.54. The lowest BCUT2D eigenvalue weighted by Gasteiger charge is -2.39. The molecule has 1 atom stereocenters. The Kier molecular flexibility index (Phi) is 6.69. The molecule has 2 aromatic carbocycles. The summed E-state index contributed by atoms with van der Waals surface area (Å²) < 4.78 is 85.2. The summed E-state index contributed by atoms with van der Waals surface area (Å²) in [7, 11) is 1.48. The predicted molar refractivity (Wildman–Crippen MR) is 111 cm³/mol. The summed E-state index contributed by atoms with van der Waals surface area (Å²) in [5, 5.41) is 9.75. The highest BCUT2D eigenvalue weighted by molar-refractivity contribution is 7.99. The number of halogens is 6. The summed E-state index contributed by atoms with van der Waals surface area (Å²) in [6, 6.07) is 8.63. The fourth-order valence-electron chi connectivity index (χ4n) is 3.60. The second-order valence-corrected chi connectivity index (χ2v) is 8.92. The van der Waals surface area contributed by atoms with Crippen LogP contribution in [0.25, 0.3) is 0 Å². The number of benzene rings is 2. The molecule has 1 N–H and O–H groups in total. The Morgan fingerprint density at radius 3 is 2.27 bits per heavy atom. The first-order chi connectivity index (χ1) is 15.2. The molecule has 0 aromatic heterocycles. The maximum atomic E-state index is 13.3. The Labute approximate surface area is 190 Å². The number of hydrogen-bond donors (Lipinski definition) is 1. The van der Waals surface area contributed by atoms with Crippen molar-refractivity contribution in [2.45, 2.75) is 42.7 Å². The SMILES string of the molecule is COc1cccc(C2CSc3cc(C(O)(C(F)(F)F)C(F)(F)F)ccc3N2C(=O)C(C)C)c1. The summed E-state index contributed by atoms with van der Waals surface area (Å²) in [6.45, 7) is 3.29. The molecule has 1 aliphatic rings. The highest BCUT2D eigenvalue weighted by Gasteiger charge is 2.71. The third-order valence-corrected chi connectivity index (χ3v) is 6.50. The van der Waals surface area contributed by atoms with Crippen molar-refractivity contribution in [3.63, 3.8) is 0 Å². The second-order valence-electron chi connectivity index (χ2n) is 7.85. The van der Waals surface area contributed by atoms with Gasteiger partial charge in [0.15, 0.2) is 0 Å². The van der Waals surface area contributed by atoms with Crippen LogP contribution in [0, 0.1) is 5.92 Å². The predicted octanol–water partition coefficient (Wildman–Crippen LogP) is 5.84. The number of nitrogens with zero attached hydrogens (tertiary/aromatic N) is 1. The molecule has 1 aliphatic heterocycles. The van der Waals surface area contributed by atoms with Gasteiger partial charge in [-0.15, -0.1) is 11.8 Å². The fraction of sp³-hybridized carbons (Fsp3) is 0.409. The van der Waals surface area contributed by atoms with Gasteiger partial charge in [0, 0.05) is 22.1 Å². The van der Waals surface area contributed by atoms with E-state index in [2.05, 4.69) is 0 Å². The van der Waals surface area contributed by atoms with Gasteiger partial charge in [0.05, 0.1) is 18.8 Å². The summed E-state index contributed by atoms with van der Waals surface area (Å²) in [6.07, 6.45) is -12.0. The molecule has 33 heavy (non-hydrogen) atoms. The number of carbonyl (C=O) groups excluding carboxylic acids is 1. The first-order valence-electron chi connectivity index (χ1n) is 9.82. The van der Waals surface area contributed by atoms with Gasteiger partial charge in [-0.2, -0.15) is 26.3 Å². The Hall–Kier alpha value is -2.40. The molecule has 2 aromatic rings. The van der Waals surface area contributed by atoms with Crippen molar-refractivity contribution in [1.82, 2.24) is 0 Å². The van der Waals surface area contributed by atoms with Gasteiger partial charge >= 0.3 is 12.4 Å². The number of amides is 1. The van der Waals surface area contributed by atoms with E-state index >= 15 is 0 Å². The summed E-state index contributed by atoms with van der Waals surface area (Å²) >= 11 is 1.01. The van der Waals surface area contributed by atoms with Crippen LogP contribution in [0.4, 0.5) is 32.0 Å². The molecule has 0 saturated carbocycles. The maximum absolute atomic E-state index is 13.3. The highest BCUT2D eigenvalue weighted by Crippen LogP contribution is 2.52. The number of aliphatic hydroxyl groups is 1. The van der Waals surface area contributed by atoms with Gasteiger partial charge in [-0.3, -0.25) is 4.79 Å². The van der Waals surface area contributed by atoms with Crippen LogP contribution in [-0.4, -0.2) is 36.2 Å². The van der Waals surface area contributed by atoms with E-state index in [4.69, 9.17) is 4.74 Å². The Morgan fingerprint density at radius 2 is 1.73 bits per heavy atom. The lowest BCUT2D eigenvalue weighted by atomic mass is 9.91. The number of fused-ring (bicyclic) bond motifs is 1. The smallest absolute Gasteiger partial charge is 0.430 e. The summed E-state index contributed by atoms with van der Waals surface area (Å²) in [5.74, 6) is -0.121. The quantitative estimate of drug-likeness (QED) is 0.544. The maximum Gasteiger partial charge on any atom is 0.430 e. The lowest BCUT2D eigenvalue weighted by molar-refractivity contribution is -0.376. The zero-order chi connectivity index (χ0) is 24.8. The molecule has 11 heteroatoms. The number of thioether (sulfide) groups is 1. The van der Waals surface area contributed by atoms with Crippen LogP contribution in [0.5, 0.6) is 5.75 Å². The molecule has 0 fully saturated rings. The average molecular weight is 493 g/mol. The average Bonchev–Trinajstić information content (AvgIpc) is 2.75. The minimum atomic E-state index is -5.99. The van der Waals surface area contributed by atoms with Crippen LogP contribution in [0.2, 0.25) is 0 Å². The van der Waals surface area contributed by atoms with Gasteiger partial charge in [0.2, 0.25) is 5.91 Å². The molecule has 180 valence electrons. The molecule has 0 saturated heterocycles. The van der Waals surface area contributed by atoms with Crippen LogP contribution in [0.15, 0.2) is 47.4 Å². The Morgan fingerprint density at radius 1 is 1.09 bits per heavy atom. The molecule has 0 radical (unpaired) electrons. The molecule has 1 amide bonds. The molecular weight excluding hydrogens is 472 g/mol. The molecular formula is C22H21F6NO3S. The van der Waals surface area contributed by atoms with E-state index in [0.29, 0.717) is 23.4 Å². The van der Waals surface area contributed by atoms with Gasteiger partial charge in [-0.1, -0.05) is 32.0 Å². The van der Waals surface area contributed by atoms with Crippen LogP contribution in [-0.2, 0) is 10.4 Å². The van der Waals surface area contributed by atoms with E-state index in [0.717, 1.165) is 17.8 Å². The van der Waals surface area contributed by atoms with Gasteiger partial charge < -0.3 is 14.7 Å². The first-order valence-corrected chi connectivity index (χ1v) is 10.8. The fourth-order valence-corrected chi connectivity index (χ4v) is 4.80. The number of carbonyl (C=O) groups is 1. The Balaban J connectivity index is 2.15. The zero-order valence-corrected chi connectivity index (χ0v) is 18.6. The third kappa shape index (κ3) is 4.40. The van der Waals surface area contributed by atoms with Crippen molar-refractivity contribution in [3.8, 4) is 5.75 Å². The van der Waals surface area contributed by atoms with E-state index in [9.17, 15) is 36.2 Å². The van der Waals surface area contributed by atoms with Crippen LogP contribution in [0.3, 0.4) is 0 Å². The number of ether oxygens (including phenoxy) is 1. The van der Waals surface area contributed by atoms with E-state index in [-0.39, 0.29) is 22.2 Å². The van der Waals surface area contributed by atoms with E-state index in [1.54, 1.807) is 38.1 Å². The number of hydrogen-bond acceptors (Lipinski definition) is 4. The van der Waals surface area contributed by atoms with Gasteiger partial charge in [-0.25, -0.2) is 0 Å². The van der Waals surface area contributed by atoms with Crippen LogP contribution < -0.4 is 9.64 Å². The van der Waals surface area contributed by atoms with E-state index < -0.39 is 35.5 Å². The molecule has 1 unspecified atom stereocenters. The first kappa shape index (κ1) is 25.2. The summed E-state index contributed by atoms with van der Waals surface area (Å²) in [4.78, 5) is 14.5. The molecule has 4 nitrogen and oxygen atoms in total. The van der Waals surface area contributed by atoms with Crippen molar-refractivity contribution in [2.75, 3.05) is 17.8 Å². The normalized spacial score (nSPS) is 17.2. The van der Waals surface area contributed by atoms with Crippen LogP contribution >= 0.6 is 11.8 Å². The van der Waals surface area contributed by atoms with Gasteiger partial charge in [-0.05, 0) is 29.8 Å².